The quantitative estimate of drug-likeness (QED) is 0.869. The highest BCUT2D eigenvalue weighted by Crippen LogP contribution is 2.28. The molecule has 2 heterocycles. The van der Waals surface area contributed by atoms with Gasteiger partial charge in [0.25, 0.3) is 0 Å². The van der Waals surface area contributed by atoms with E-state index >= 15 is 0 Å². The third-order valence-electron chi connectivity index (χ3n) is 3.05. The van der Waals surface area contributed by atoms with E-state index in [1.54, 1.807) is 12.3 Å². The Morgan fingerprint density at radius 2 is 2.35 bits per heavy atom. The first kappa shape index (κ1) is 15.5. The largest absolute Gasteiger partial charge is 0.392 e. The maximum atomic E-state index is 11.3. The Labute approximate surface area is 123 Å². The molecule has 0 radical (unpaired) electrons. The summed E-state index contributed by atoms with van der Waals surface area (Å²) in [5.41, 5.74) is 0.600. The molecule has 8 heteroatoms. The Bertz CT molecular complexity index is 579. The maximum Gasteiger partial charge on any atom is 0.150 e. The van der Waals surface area contributed by atoms with Gasteiger partial charge >= 0.3 is 0 Å². The minimum absolute atomic E-state index is 0.0270. The molecular weight excluding hydrogens is 304 g/mol. The fourth-order valence-electron chi connectivity index (χ4n) is 2.16. The molecule has 1 saturated heterocycles. The van der Waals surface area contributed by atoms with Gasteiger partial charge in [0.15, 0.2) is 0 Å². The lowest BCUT2D eigenvalue weighted by atomic mass is 10.2. The van der Waals surface area contributed by atoms with E-state index in [0.717, 1.165) is 0 Å². The van der Waals surface area contributed by atoms with E-state index in [2.05, 4.69) is 4.98 Å². The van der Waals surface area contributed by atoms with E-state index in [1.165, 1.54) is 6.26 Å². The second kappa shape index (κ2) is 6.26. The predicted octanol–water partition coefficient (Wildman–Crippen LogP) is 0.477. The van der Waals surface area contributed by atoms with Crippen molar-refractivity contribution < 1.29 is 18.3 Å². The van der Waals surface area contributed by atoms with Gasteiger partial charge in [-0.05, 0) is 6.07 Å². The second-order valence-electron chi connectivity index (χ2n) is 4.80. The van der Waals surface area contributed by atoms with Crippen molar-refractivity contribution in [3.8, 4) is 0 Å². The molecule has 6 nitrogen and oxygen atoms in total. The number of morpholine rings is 1. The Hall–Kier alpha value is -0.890. The maximum absolute atomic E-state index is 11.3. The minimum atomic E-state index is -3.10. The number of pyridine rings is 1. The van der Waals surface area contributed by atoms with E-state index in [4.69, 9.17) is 16.3 Å². The lowest BCUT2D eigenvalue weighted by molar-refractivity contribution is 0.0550. The third kappa shape index (κ3) is 3.82. The van der Waals surface area contributed by atoms with Crippen molar-refractivity contribution in [3.05, 3.63) is 22.8 Å². The van der Waals surface area contributed by atoms with Crippen LogP contribution in [0, 0.1) is 0 Å². The number of aliphatic hydroxyl groups excluding tert-OH is 1. The van der Waals surface area contributed by atoms with E-state index in [0.29, 0.717) is 36.1 Å². The summed E-state index contributed by atoms with van der Waals surface area (Å²) < 4.78 is 28.1. The molecule has 1 aliphatic heterocycles. The number of rotatable bonds is 4. The summed E-state index contributed by atoms with van der Waals surface area (Å²) in [6.07, 6.45) is 2.37. The van der Waals surface area contributed by atoms with E-state index in [-0.39, 0.29) is 12.4 Å². The number of aromatic nitrogens is 1. The molecule has 20 heavy (non-hydrogen) atoms. The highest BCUT2D eigenvalue weighted by molar-refractivity contribution is 7.90. The van der Waals surface area contributed by atoms with Crippen molar-refractivity contribution in [3.63, 3.8) is 0 Å². The van der Waals surface area contributed by atoms with Crippen LogP contribution in [0.25, 0.3) is 0 Å². The molecule has 0 amide bonds. The fraction of sp³-hybridized carbons (Fsp3) is 0.583. The number of anilines is 1. The first-order chi connectivity index (χ1) is 9.40. The van der Waals surface area contributed by atoms with Crippen LogP contribution < -0.4 is 4.90 Å². The molecule has 1 N–H and O–H groups in total. The molecule has 1 aromatic heterocycles. The molecule has 0 saturated carbocycles. The van der Waals surface area contributed by atoms with Gasteiger partial charge in [-0.15, -0.1) is 0 Å². The van der Waals surface area contributed by atoms with Gasteiger partial charge in [-0.2, -0.15) is 0 Å². The number of nitrogens with zero attached hydrogens (tertiary/aromatic N) is 2. The van der Waals surface area contributed by atoms with Gasteiger partial charge in [0.1, 0.15) is 15.7 Å². The van der Waals surface area contributed by atoms with E-state index < -0.39 is 15.9 Å². The average Bonchev–Trinajstić information content (AvgIpc) is 2.37. The lowest BCUT2D eigenvalue weighted by Crippen LogP contribution is -2.45. The normalized spacial score (nSPS) is 20.1. The molecule has 1 atom stereocenters. The summed E-state index contributed by atoms with van der Waals surface area (Å²) in [6, 6.07) is 1.65. The number of aliphatic hydroxyl groups is 1. The molecule has 0 aromatic carbocycles. The summed E-state index contributed by atoms with van der Waals surface area (Å²) in [7, 11) is -3.10. The Balaban J connectivity index is 2.17. The van der Waals surface area contributed by atoms with Crippen LogP contribution in [0.15, 0.2) is 12.3 Å². The standard InChI is InChI=1S/C12H17ClN2O4S/c1-20(17,18)8-10-6-15(4-5-19-10)12-11(13)9(7-16)2-3-14-12/h2-3,10,16H,4-8H2,1H3. The predicted molar refractivity (Wildman–Crippen MR) is 76.8 cm³/mol. The Morgan fingerprint density at radius 3 is 3.00 bits per heavy atom. The van der Waals surface area contributed by atoms with Crippen molar-refractivity contribution >= 4 is 27.3 Å². The van der Waals surface area contributed by atoms with Crippen LogP contribution in [0.5, 0.6) is 0 Å². The molecule has 0 spiro atoms. The third-order valence-corrected chi connectivity index (χ3v) is 4.44. The van der Waals surface area contributed by atoms with Crippen molar-refractivity contribution in [1.82, 2.24) is 4.98 Å². The Morgan fingerprint density at radius 1 is 1.60 bits per heavy atom. The smallest absolute Gasteiger partial charge is 0.150 e. The van der Waals surface area contributed by atoms with Crippen molar-refractivity contribution in [2.75, 3.05) is 36.6 Å². The lowest BCUT2D eigenvalue weighted by Gasteiger charge is -2.34. The van der Waals surface area contributed by atoms with Crippen molar-refractivity contribution in [1.29, 1.82) is 0 Å². The monoisotopic (exact) mass is 320 g/mol. The van der Waals surface area contributed by atoms with Gasteiger partial charge in [0.2, 0.25) is 0 Å². The summed E-state index contributed by atoms with van der Waals surface area (Å²) >= 11 is 6.20. The van der Waals surface area contributed by atoms with Crippen LogP contribution >= 0.6 is 11.6 Å². The van der Waals surface area contributed by atoms with Crippen molar-refractivity contribution in [2.24, 2.45) is 0 Å². The van der Waals surface area contributed by atoms with Gasteiger partial charge < -0.3 is 14.7 Å². The van der Waals surface area contributed by atoms with E-state index in [1.807, 2.05) is 4.90 Å². The molecule has 1 unspecified atom stereocenters. The highest BCUT2D eigenvalue weighted by atomic mass is 35.5. The molecular formula is C12H17ClN2O4S. The van der Waals surface area contributed by atoms with Crippen LogP contribution in [0.4, 0.5) is 5.82 Å². The molecule has 1 aliphatic rings. The minimum Gasteiger partial charge on any atom is -0.392 e. The van der Waals surface area contributed by atoms with Crippen LogP contribution in [-0.4, -0.2) is 56.3 Å². The summed E-state index contributed by atoms with van der Waals surface area (Å²) in [4.78, 5) is 6.11. The molecule has 2 rings (SSSR count). The van der Waals surface area contributed by atoms with Crippen LogP contribution in [0.1, 0.15) is 5.56 Å². The first-order valence-electron chi connectivity index (χ1n) is 6.19. The van der Waals surface area contributed by atoms with Gasteiger partial charge in [0, 0.05) is 31.1 Å². The number of hydrogen-bond acceptors (Lipinski definition) is 6. The van der Waals surface area contributed by atoms with Gasteiger partial charge in [-0.1, -0.05) is 11.6 Å². The summed E-state index contributed by atoms with van der Waals surface area (Å²) in [6.45, 7) is 1.25. The molecule has 112 valence electrons. The van der Waals surface area contributed by atoms with Gasteiger partial charge in [0.05, 0.1) is 30.1 Å². The van der Waals surface area contributed by atoms with Crippen LogP contribution in [-0.2, 0) is 21.2 Å². The number of sulfone groups is 1. The SMILES string of the molecule is CS(=O)(=O)CC1CN(c2nccc(CO)c2Cl)CCO1. The second-order valence-corrected chi connectivity index (χ2v) is 7.36. The zero-order valence-corrected chi connectivity index (χ0v) is 12.7. The molecule has 1 fully saturated rings. The first-order valence-corrected chi connectivity index (χ1v) is 8.63. The highest BCUT2D eigenvalue weighted by Gasteiger charge is 2.26. The topological polar surface area (TPSA) is 79.7 Å². The molecule has 1 aromatic rings. The zero-order valence-electron chi connectivity index (χ0n) is 11.1. The number of hydrogen-bond donors (Lipinski definition) is 1. The fourth-order valence-corrected chi connectivity index (χ4v) is 3.33. The van der Waals surface area contributed by atoms with Gasteiger partial charge in [-0.3, -0.25) is 0 Å². The summed E-state index contributed by atoms with van der Waals surface area (Å²) in [5, 5.41) is 9.61. The van der Waals surface area contributed by atoms with Crippen molar-refractivity contribution in [2.45, 2.75) is 12.7 Å². The van der Waals surface area contributed by atoms with E-state index in [9.17, 15) is 13.5 Å². The van der Waals surface area contributed by atoms with Crippen LogP contribution in [0.3, 0.4) is 0 Å². The molecule has 0 bridgehead atoms. The summed E-state index contributed by atoms with van der Waals surface area (Å²) in [5.74, 6) is 0.529. The van der Waals surface area contributed by atoms with Gasteiger partial charge in [-0.25, -0.2) is 13.4 Å². The average molecular weight is 321 g/mol. The number of halogens is 1. The molecule has 0 aliphatic carbocycles. The van der Waals surface area contributed by atoms with Crippen LogP contribution in [0.2, 0.25) is 5.02 Å². The Kier molecular flexibility index (Phi) is 4.85. The zero-order chi connectivity index (χ0) is 14.8. The number of ether oxygens (including phenoxy) is 1.